The number of nitrogens with one attached hydrogen (secondary N) is 1. The molecule has 2 aromatic heterocycles. The summed E-state index contributed by atoms with van der Waals surface area (Å²) in [5, 5.41) is 17.3. The highest BCUT2D eigenvalue weighted by molar-refractivity contribution is 7.17. The highest BCUT2D eigenvalue weighted by Gasteiger charge is 2.44. The number of carbonyl (C=O) groups is 2. The van der Waals surface area contributed by atoms with Gasteiger partial charge in [0.2, 0.25) is 11.9 Å². The van der Waals surface area contributed by atoms with E-state index in [-0.39, 0.29) is 19.0 Å². The lowest BCUT2D eigenvalue weighted by Crippen LogP contribution is -2.63. The van der Waals surface area contributed by atoms with Crippen molar-refractivity contribution in [2.45, 2.75) is 64.1 Å². The van der Waals surface area contributed by atoms with E-state index in [9.17, 15) is 14.7 Å². The molecule has 0 aliphatic carbocycles. The summed E-state index contributed by atoms with van der Waals surface area (Å²) in [7, 11) is 1.40. The van der Waals surface area contributed by atoms with Gasteiger partial charge in [-0.25, -0.2) is 9.78 Å². The number of aromatic nitrogens is 2. The van der Waals surface area contributed by atoms with E-state index in [1.54, 1.807) is 37.8 Å². The standard InChI is InChI=1S/C29H36Cl2N6O5S/c1-29(2,3)42-28(40)37-10-5-6-21(37)25(38)36-12-11-35(16-22(36)26(39)41-4)27-33-20-9-13-43-23(20)24(34-27)32-15-17-7-8-18(30)14-19(17)31/h7-9,13-14,21-22,26,39H,5-6,10-12,15-16H2,1-4H3,(H,32,33,34)/t21-,22?,26?/m1/s1. The largest absolute Gasteiger partial charge is 0.444 e. The molecule has 2 amide bonds. The Hall–Kier alpha value is -2.90. The van der Waals surface area contributed by atoms with Crippen LogP contribution in [-0.2, 0) is 20.8 Å². The van der Waals surface area contributed by atoms with Crippen LogP contribution < -0.4 is 10.2 Å². The highest BCUT2D eigenvalue weighted by atomic mass is 35.5. The van der Waals surface area contributed by atoms with Crippen molar-refractivity contribution in [3.8, 4) is 0 Å². The summed E-state index contributed by atoms with van der Waals surface area (Å²) in [6.45, 7) is 7.21. The minimum atomic E-state index is -1.25. The van der Waals surface area contributed by atoms with Gasteiger partial charge in [0.15, 0.2) is 6.29 Å². The summed E-state index contributed by atoms with van der Waals surface area (Å²) >= 11 is 14.0. The second-order valence-corrected chi connectivity index (χ2v) is 13.4. The lowest BCUT2D eigenvalue weighted by atomic mass is 10.1. The van der Waals surface area contributed by atoms with Crippen LogP contribution in [0.5, 0.6) is 0 Å². The van der Waals surface area contributed by atoms with Crippen LogP contribution in [0.2, 0.25) is 10.0 Å². The van der Waals surface area contributed by atoms with Crippen LogP contribution in [0, 0.1) is 0 Å². The van der Waals surface area contributed by atoms with Gasteiger partial charge in [-0.05, 0) is 62.8 Å². The summed E-state index contributed by atoms with van der Waals surface area (Å²) in [5.74, 6) is 0.884. The van der Waals surface area contributed by atoms with Crippen LogP contribution in [-0.4, -0.2) is 94.1 Å². The van der Waals surface area contributed by atoms with Crippen LogP contribution in [0.25, 0.3) is 10.2 Å². The number of hydrogen-bond acceptors (Lipinski definition) is 10. The maximum Gasteiger partial charge on any atom is 0.410 e. The van der Waals surface area contributed by atoms with E-state index < -0.39 is 30.1 Å². The van der Waals surface area contributed by atoms with Gasteiger partial charge in [-0.3, -0.25) is 9.69 Å². The van der Waals surface area contributed by atoms with Gasteiger partial charge in [0, 0.05) is 49.9 Å². The molecule has 0 radical (unpaired) electrons. The molecular formula is C29H36Cl2N6O5S. The number of thiophene rings is 1. The fourth-order valence-electron chi connectivity index (χ4n) is 5.38. The van der Waals surface area contributed by atoms with Crippen molar-refractivity contribution in [1.29, 1.82) is 0 Å². The summed E-state index contributed by atoms with van der Waals surface area (Å²) in [6.07, 6.45) is -0.544. The predicted molar refractivity (Wildman–Crippen MR) is 168 cm³/mol. The van der Waals surface area contributed by atoms with Crippen LogP contribution in [0.15, 0.2) is 29.6 Å². The van der Waals surface area contributed by atoms with Crippen molar-refractivity contribution in [2.24, 2.45) is 0 Å². The molecule has 1 aromatic carbocycles. The quantitative estimate of drug-likeness (QED) is 0.341. The molecule has 2 saturated heterocycles. The van der Waals surface area contributed by atoms with Crippen LogP contribution in [0.4, 0.5) is 16.6 Å². The maximum absolute atomic E-state index is 13.8. The molecule has 0 spiro atoms. The van der Waals surface area contributed by atoms with E-state index in [1.165, 1.54) is 23.3 Å². The minimum Gasteiger partial charge on any atom is -0.444 e. The number of rotatable bonds is 7. The molecule has 43 heavy (non-hydrogen) atoms. The molecule has 14 heteroatoms. The molecule has 2 aliphatic heterocycles. The van der Waals surface area contributed by atoms with Crippen molar-refractivity contribution in [1.82, 2.24) is 19.8 Å². The molecule has 232 valence electrons. The third kappa shape index (κ3) is 7.09. The molecule has 0 bridgehead atoms. The first-order valence-electron chi connectivity index (χ1n) is 14.1. The first-order chi connectivity index (χ1) is 20.4. The Morgan fingerprint density at radius 2 is 1.95 bits per heavy atom. The number of methoxy groups -OCH3 is 1. The SMILES string of the molecule is COC(O)C1CN(c2nc(NCc3ccc(Cl)cc3Cl)c3sccc3n2)CCN1C(=O)[C@H]1CCCN1C(=O)OC(C)(C)C. The van der Waals surface area contributed by atoms with Crippen molar-refractivity contribution in [2.75, 3.05) is 43.5 Å². The van der Waals surface area contributed by atoms with Gasteiger partial charge in [-0.2, -0.15) is 4.98 Å². The van der Waals surface area contributed by atoms with Crippen LogP contribution in [0.3, 0.4) is 0 Å². The van der Waals surface area contributed by atoms with Gasteiger partial charge in [-0.15, -0.1) is 11.3 Å². The number of aliphatic hydroxyl groups excluding tert-OH is 1. The van der Waals surface area contributed by atoms with E-state index in [4.69, 9.17) is 42.6 Å². The second-order valence-electron chi connectivity index (χ2n) is 11.6. The van der Waals surface area contributed by atoms with Crippen molar-refractivity contribution in [3.63, 3.8) is 0 Å². The first kappa shape index (κ1) is 31.5. The number of ether oxygens (including phenoxy) is 2. The Balaban J connectivity index is 1.35. The zero-order chi connectivity index (χ0) is 30.9. The van der Waals surface area contributed by atoms with Gasteiger partial charge >= 0.3 is 6.09 Å². The van der Waals surface area contributed by atoms with Gasteiger partial charge in [-0.1, -0.05) is 29.3 Å². The molecular weight excluding hydrogens is 615 g/mol. The number of nitrogens with zero attached hydrogens (tertiary/aromatic N) is 5. The number of halogens is 2. The normalized spacial score (nSPS) is 20.0. The zero-order valence-electron chi connectivity index (χ0n) is 24.5. The van der Waals surface area contributed by atoms with Gasteiger partial charge in [0.1, 0.15) is 23.5 Å². The second kappa shape index (κ2) is 13.0. The average Bonchev–Trinajstić information content (AvgIpc) is 3.65. The molecule has 2 unspecified atom stereocenters. The Labute approximate surface area is 264 Å². The van der Waals surface area contributed by atoms with Gasteiger partial charge in [0.05, 0.1) is 10.2 Å². The number of fused-ring (bicyclic) bond motifs is 1. The third-order valence-electron chi connectivity index (χ3n) is 7.47. The molecule has 3 atom stereocenters. The molecule has 2 N–H and O–H groups in total. The Morgan fingerprint density at radius 3 is 2.67 bits per heavy atom. The van der Waals surface area contributed by atoms with Crippen molar-refractivity contribution in [3.05, 3.63) is 45.3 Å². The van der Waals surface area contributed by atoms with E-state index in [0.717, 1.165) is 15.8 Å². The lowest BCUT2D eigenvalue weighted by Gasteiger charge is -2.44. The molecule has 3 aromatic rings. The number of benzene rings is 1. The summed E-state index contributed by atoms with van der Waals surface area (Å²) in [6, 6.07) is 5.91. The number of anilines is 2. The Bertz CT molecular complexity index is 1480. The summed E-state index contributed by atoms with van der Waals surface area (Å²) < 4.78 is 11.8. The predicted octanol–water partition coefficient (Wildman–Crippen LogP) is 4.99. The lowest BCUT2D eigenvalue weighted by molar-refractivity contribution is -0.158. The summed E-state index contributed by atoms with van der Waals surface area (Å²) in [5.41, 5.74) is 0.978. The number of carbonyl (C=O) groups excluding carboxylic acids is 2. The molecule has 5 rings (SSSR count). The number of piperazine rings is 1. The number of amides is 2. The fraction of sp³-hybridized carbons (Fsp3) is 0.517. The highest BCUT2D eigenvalue weighted by Crippen LogP contribution is 2.31. The zero-order valence-corrected chi connectivity index (χ0v) is 26.9. The van der Waals surface area contributed by atoms with Crippen molar-refractivity contribution >= 4 is 68.5 Å². The Kier molecular flexibility index (Phi) is 9.52. The monoisotopic (exact) mass is 650 g/mol. The first-order valence-corrected chi connectivity index (χ1v) is 15.8. The molecule has 4 heterocycles. The molecule has 2 fully saturated rings. The Morgan fingerprint density at radius 1 is 1.16 bits per heavy atom. The van der Waals surface area contributed by atoms with Crippen molar-refractivity contribution < 1.29 is 24.2 Å². The topological polar surface area (TPSA) is 120 Å². The van der Waals surface area contributed by atoms with E-state index in [0.29, 0.717) is 54.3 Å². The number of likely N-dealkylation sites (tertiary alicyclic amines) is 1. The summed E-state index contributed by atoms with van der Waals surface area (Å²) in [4.78, 5) is 41.4. The van der Waals surface area contributed by atoms with E-state index in [1.807, 2.05) is 22.4 Å². The smallest absolute Gasteiger partial charge is 0.410 e. The van der Waals surface area contributed by atoms with Crippen LogP contribution in [0.1, 0.15) is 39.2 Å². The molecule has 11 nitrogen and oxygen atoms in total. The maximum atomic E-state index is 13.8. The van der Waals surface area contributed by atoms with E-state index in [2.05, 4.69) is 5.32 Å². The third-order valence-corrected chi connectivity index (χ3v) is 8.97. The van der Waals surface area contributed by atoms with Gasteiger partial charge in [0.25, 0.3) is 0 Å². The van der Waals surface area contributed by atoms with Crippen LogP contribution >= 0.6 is 34.5 Å². The number of hydrogen-bond donors (Lipinski definition) is 2. The number of aliphatic hydroxyl groups is 1. The molecule has 2 aliphatic rings. The van der Waals surface area contributed by atoms with E-state index >= 15 is 0 Å². The minimum absolute atomic E-state index is 0.234. The fourth-order valence-corrected chi connectivity index (χ4v) is 6.65. The average molecular weight is 652 g/mol. The van der Waals surface area contributed by atoms with Gasteiger partial charge < -0.3 is 29.7 Å². The molecule has 0 saturated carbocycles.